The molecule has 0 fully saturated rings. The molecule has 0 aliphatic rings. The Bertz CT molecular complexity index is 1050. The lowest BCUT2D eigenvalue weighted by atomic mass is 10.1. The first-order valence-corrected chi connectivity index (χ1v) is 8.33. The maximum Gasteiger partial charge on any atom is 0.266 e. The number of benzene rings is 1. The maximum atomic E-state index is 12.7. The van der Waals surface area contributed by atoms with E-state index in [0.717, 1.165) is 11.3 Å². The summed E-state index contributed by atoms with van der Waals surface area (Å²) in [5.41, 5.74) is 1.17. The van der Waals surface area contributed by atoms with Crippen LogP contribution in [-0.4, -0.2) is 28.4 Å². The lowest BCUT2D eigenvalue weighted by Gasteiger charge is -2.09. The maximum absolute atomic E-state index is 12.7. The largest absolute Gasteiger partial charge is 0.355 e. The highest BCUT2D eigenvalue weighted by atomic mass is 32.1. The molecule has 0 spiro atoms. The van der Waals surface area contributed by atoms with Gasteiger partial charge in [0.1, 0.15) is 4.83 Å². The van der Waals surface area contributed by atoms with Gasteiger partial charge in [-0.2, -0.15) is 0 Å². The van der Waals surface area contributed by atoms with Crippen LogP contribution < -0.4 is 16.2 Å². The van der Waals surface area contributed by atoms with Crippen molar-refractivity contribution < 1.29 is 9.59 Å². The van der Waals surface area contributed by atoms with E-state index in [-0.39, 0.29) is 17.4 Å². The molecule has 0 aliphatic heterocycles. The highest BCUT2D eigenvalue weighted by molar-refractivity contribution is 7.20. The monoisotopic (exact) mass is 356 g/mol. The number of nitrogens with one attached hydrogen (secondary N) is 2. The molecule has 0 radical (unpaired) electrons. The summed E-state index contributed by atoms with van der Waals surface area (Å²) in [6.45, 7) is 1.72. The van der Waals surface area contributed by atoms with Gasteiger partial charge in [-0.25, -0.2) is 4.98 Å². The molecule has 128 valence electrons. The van der Waals surface area contributed by atoms with Crippen LogP contribution in [-0.2, 0) is 7.05 Å². The van der Waals surface area contributed by atoms with Crippen molar-refractivity contribution in [2.75, 3.05) is 12.4 Å². The number of aryl methyl sites for hydroxylation is 2. The molecular formula is C17H16N4O3S. The zero-order chi connectivity index (χ0) is 18.1. The molecule has 2 amide bonds. The van der Waals surface area contributed by atoms with Gasteiger partial charge in [-0.3, -0.25) is 14.4 Å². The molecule has 0 saturated heterocycles. The standard InChI is InChI=1S/C17H16N4O3S/c1-9-12-16(19-8-21(3)17(12)24)25-13(9)15(23)20-11-7-5-4-6-10(11)14(22)18-2/h4-8H,1-3H3,(H,18,22)(H,20,23). The number of carbonyl (C=O) groups is 2. The number of amides is 2. The summed E-state index contributed by atoms with van der Waals surface area (Å²) in [4.78, 5) is 42.0. The van der Waals surface area contributed by atoms with Crippen LogP contribution in [0.1, 0.15) is 25.6 Å². The normalized spacial score (nSPS) is 10.7. The van der Waals surface area contributed by atoms with Crippen LogP contribution in [0.2, 0.25) is 0 Å². The minimum Gasteiger partial charge on any atom is -0.355 e. The molecule has 2 aromatic heterocycles. The molecule has 0 atom stereocenters. The molecule has 3 aromatic rings. The number of nitrogens with zero attached hydrogens (tertiary/aromatic N) is 2. The number of rotatable bonds is 3. The van der Waals surface area contributed by atoms with Crippen LogP contribution in [0.3, 0.4) is 0 Å². The van der Waals surface area contributed by atoms with Crippen molar-refractivity contribution in [2.45, 2.75) is 6.92 Å². The Morgan fingerprint density at radius 3 is 2.64 bits per heavy atom. The third-order valence-corrected chi connectivity index (χ3v) is 5.06. The summed E-state index contributed by atoms with van der Waals surface area (Å²) in [5, 5.41) is 5.74. The smallest absolute Gasteiger partial charge is 0.266 e. The van der Waals surface area contributed by atoms with Gasteiger partial charge in [0, 0.05) is 14.1 Å². The van der Waals surface area contributed by atoms with Crippen molar-refractivity contribution in [1.82, 2.24) is 14.9 Å². The molecular weight excluding hydrogens is 340 g/mol. The van der Waals surface area contributed by atoms with E-state index in [2.05, 4.69) is 15.6 Å². The Hall–Kier alpha value is -3.00. The summed E-state index contributed by atoms with van der Waals surface area (Å²) in [6, 6.07) is 6.74. The van der Waals surface area contributed by atoms with Gasteiger partial charge in [0.15, 0.2) is 0 Å². The SMILES string of the molecule is CNC(=O)c1ccccc1NC(=O)c1sc2ncn(C)c(=O)c2c1C. The molecule has 2 heterocycles. The van der Waals surface area contributed by atoms with Gasteiger partial charge in [0.05, 0.1) is 27.8 Å². The van der Waals surface area contributed by atoms with E-state index in [1.54, 1.807) is 38.2 Å². The quantitative estimate of drug-likeness (QED) is 0.750. The van der Waals surface area contributed by atoms with Crippen LogP contribution in [0.15, 0.2) is 35.4 Å². The van der Waals surface area contributed by atoms with Crippen LogP contribution in [0.25, 0.3) is 10.2 Å². The highest BCUT2D eigenvalue weighted by Gasteiger charge is 2.20. The average molecular weight is 356 g/mol. The molecule has 25 heavy (non-hydrogen) atoms. The number of thiophene rings is 1. The molecule has 2 N–H and O–H groups in total. The molecule has 3 rings (SSSR count). The zero-order valence-corrected chi connectivity index (χ0v) is 14.7. The van der Waals surface area contributed by atoms with Crippen LogP contribution >= 0.6 is 11.3 Å². The number of anilines is 1. The zero-order valence-electron chi connectivity index (χ0n) is 13.9. The second kappa shape index (κ2) is 6.48. The summed E-state index contributed by atoms with van der Waals surface area (Å²) in [7, 11) is 3.14. The van der Waals surface area contributed by atoms with Crippen LogP contribution in [0.4, 0.5) is 5.69 Å². The van der Waals surface area contributed by atoms with Gasteiger partial charge in [-0.05, 0) is 24.6 Å². The molecule has 0 aliphatic carbocycles. The third-order valence-electron chi connectivity index (χ3n) is 3.86. The van der Waals surface area contributed by atoms with E-state index in [1.807, 2.05) is 0 Å². The lowest BCUT2D eigenvalue weighted by molar-refractivity contribution is 0.0964. The van der Waals surface area contributed by atoms with E-state index in [4.69, 9.17) is 0 Å². The Kier molecular flexibility index (Phi) is 4.37. The van der Waals surface area contributed by atoms with Crippen LogP contribution in [0, 0.1) is 6.92 Å². The average Bonchev–Trinajstić information content (AvgIpc) is 2.95. The van der Waals surface area contributed by atoms with E-state index >= 15 is 0 Å². The van der Waals surface area contributed by atoms with E-state index in [1.165, 1.54) is 17.9 Å². The van der Waals surface area contributed by atoms with Gasteiger partial charge in [0.2, 0.25) is 0 Å². The lowest BCUT2D eigenvalue weighted by Crippen LogP contribution is -2.21. The predicted octanol–water partition coefficient (Wildman–Crippen LogP) is 1.92. The number of carbonyl (C=O) groups excluding carboxylic acids is 2. The van der Waals surface area contributed by atoms with Gasteiger partial charge < -0.3 is 15.2 Å². The number of para-hydroxylation sites is 1. The van der Waals surface area contributed by atoms with Crippen molar-refractivity contribution in [3.8, 4) is 0 Å². The predicted molar refractivity (Wildman–Crippen MR) is 97.4 cm³/mol. The third kappa shape index (κ3) is 2.91. The van der Waals surface area contributed by atoms with Crippen molar-refractivity contribution in [3.63, 3.8) is 0 Å². The number of hydrogen-bond donors (Lipinski definition) is 2. The molecule has 0 unspecified atom stereocenters. The number of aromatic nitrogens is 2. The second-order valence-electron chi connectivity index (χ2n) is 5.48. The highest BCUT2D eigenvalue weighted by Crippen LogP contribution is 2.28. The van der Waals surface area contributed by atoms with Crippen LogP contribution in [0.5, 0.6) is 0 Å². The Labute approximate surface area is 147 Å². The second-order valence-corrected chi connectivity index (χ2v) is 6.47. The summed E-state index contributed by atoms with van der Waals surface area (Å²) in [6.07, 6.45) is 1.43. The van der Waals surface area contributed by atoms with Gasteiger partial charge in [0.25, 0.3) is 17.4 Å². The first kappa shape index (κ1) is 16.8. The number of hydrogen-bond acceptors (Lipinski definition) is 5. The number of fused-ring (bicyclic) bond motifs is 1. The molecule has 0 bridgehead atoms. The fourth-order valence-corrected chi connectivity index (χ4v) is 3.56. The fourth-order valence-electron chi connectivity index (χ4n) is 2.53. The topological polar surface area (TPSA) is 93.1 Å². The molecule has 1 aromatic carbocycles. The molecule has 8 heteroatoms. The first-order valence-electron chi connectivity index (χ1n) is 7.51. The van der Waals surface area contributed by atoms with Gasteiger partial charge in [-0.1, -0.05) is 12.1 Å². The van der Waals surface area contributed by atoms with Crippen molar-refractivity contribution in [2.24, 2.45) is 7.05 Å². The van der Waals surface area contributed by atoms with Crippen molar-refractivity contribution >= 4 is 39.1 Å². The summed E-state index contributed by atoms with van der Waals surface area (Å²) < 4.78 is 1.38. The minimum atomic E-state index is -0.376. The van der Waals surface area contributed by atoms with Gasteiger partial charge >= 0.3 is 0 Å². The van der Waals surface area contributed by atoms with Crippen molar-refractivity contribution in [3.05, 3.63) is 57.0 Å². The molecule has 7 nitrogen and oxygen atoms in total. The summed E-state index contributed by atoms with van der Waals surface area (Å²) in [5.74, 6) is -0.668. The van der Waals surface area contributed by atoms with Gasteiger partial charge in [-0.15, -0.1) is 11.3 Å². The van der Waals surface area contributed by atoms with E-state index < -0.39 is 0 Å². The Morgan fingerprint density at radius 1 is 1.20 bits per heavy atom. The summed E-state index contributed by atoms with van der Waals surface area (Å²) >= 11 is 1.16. The first-order chi connectivity index (χ1) is 11.9. The fraction of sp³-hybridized carbons (Fsp3) is 0.176. The minimum absolute atomic E-state index is 0.191. The Balaban J connectivity index is 2.02. The molecule has 0 saturated carbocycles. The van der Waals surface area contributed by atoms with E-state index in [9.17, 15) is 14.4 Å². The van der Waals surface area contributed by atoms with Crippen molar-refractivity contribution in [1.29, 1.82) is 0 Å². The van der Waals surface area contributed by atoms with E-state index in [0.29, 0.717) is 31.9 Å². The Morgan fingerprint density at radius 2 is 1.92 bits per heavy atom.